The molecule has 0 spiro atoms. The second kappa shape index (κ2) is 7.76. The van der Waals surface area contributed by atoms with Gasteiger partial charge in [-0.15, -0.1) is 0 Å². The summed E-state index contributed by atoms with van der Waals surface area (Å²) in [6.45, 7) is 3.26. The lowest BCUT2D eigenvalue weighted by Gasteiger charge is -2.16. The lowest BCUT2D eigenvalue weighted by molar-refractivity contribution is -0.128. The fourth-order valence-corrected chi connectivity index (χ4v) is 2.56. The Kier molecular flexibility index (Phi) is 5.73. The van der Waals surface area contributed by atoms with E-state index >= 15 is 0 Å². The van der Waals surface area contributed by atoms with Crippen LogP contribution in [-0.4, -0.2) is 42.9 Å². The Bertz CT molecular complexity index is 583. The van der Waals surface area contributed by atoms with E-state index in [0.29, 0.717) is 24.3 Å². The first-order valence-corrected chi connectivity index (χ1v) is 7.82. The summed E-state index contributed by atoms with van der Waals surface area (Å²) in [7, 11) is 1.32. The Morgan fingerprint density at radius 3 is 2.61 bits per heavy atom. The molecule has 6 nitrogen and oxygen atoms in total. The maximum Gasteiger partial charge on any atom is 0.337 e. The smallest absolute Gasteiger partial charge is 0.337 e. The number of hydrogen-bond donors (Lipinski definition) is 1. The van der Waals surface area contributed by atoms with Crippen LogP contribution in [0.15, 0.2) is 24.3 Å². The first kappa shape index (κ1) is 17.0. The van der Waals surface area contributed by atoms with Gasteiger partial charge in [-0.3, -0.25) is 9.59 Å². The molecule has 2 rings (SSSR count). The van der Waals surface area contributed by atoms with E-state index in [1.54, 1.807) is 29.2 Å². The van der Waals surface area contributed by atoms with Gasteiger partial charge >= 0.3 is 5.97 Å². The average molecular weight is 318 g/mol. The van der Waals surface area contributed by atoms with Crippen LogP contribution < -0.4 is 5.32 Å². The highest BCUT2D eigenvalue weighted by Gasteiger charge is 2.33. The normalized spacial score (nSPS) is 17.2. The molecule has 2 amide bonds. The maximum absolute atomic E-state index is 12.3. The number of methoxy groups -OCH3 is 1. The number of amides is 2. The van der Waals surface area contributed by atoms with Gasteiger partial charge < -0.3 is 15.0 Å². The van der Waals surface area contributed by atoms with Crippen LogP contribution in [0.4, 0.5) is 5.69 Å². The molecule has 1 aliphatic heterocycles. The molecule has 0 aromatic heterocycles. The molecule has 0 unspecified atom stereocenters. The van der Waals surface area contributed by atoms with Crippen molar-refractivity contribution in [2.75, 3.05) is 25.5 Å². The van der Waals surface area contributed by atoms with E-state index in [9.17, 15) is 14.4 Å². The molecule has 6 heteroatoms. The van der Waals surface area contributed by atoms with Crippen LogP contribution in [0.3, 0.4) is 0 Å². The highest BCUT2D eigenvalue weighted by atomic mass is 16.5. The molecule has 1 atom stereocenters. The lowest BCUT2D eigenvalue weighted by Crippen LogP contribution is -2.29. The van der Waals surface area contributed by atoms with Crippen LogP contribution in [0.2, 0.25) is 0 Å². The molecule has 23 heavy (non-hydrogen) atoms. The van der Waals surface area contributed by atoms with Crippen LogP contribution in [0.1, 0.15) is 36.5 Å². The number of hydrogen-bond acceptors (Lipinski definition) is 4. The molecule has 0 radical (unpaired) electrons. The molecule has 1 fully saturated rings. The summed E-state index contributed by atoms with van der Waals surface area (Å²) < 4.78 is 4.63. The molecular weight excluding hydrogens is 296 g/mol. The molecule has 1 saturated heterocycles. The number of carbonyl (C=O) groups excluding carboxylic acids is 3. The van der Waals surface area contributed by atoms with E-state index < -0.39 is 5.97 Å². The summed E-state index contributed by atoms with van der Waals surface area (Å²) in [5.41, 5.74) is 1.02. The molecule has 1 aromatic rings. The third-order valence-corrected chi connectivity index (χ3v) is 3.94. The first-order chi connectivity index (χ1) is 11.0. The standard InChI is InChI=1S/C17H22N2O4/c1-3-4-9-19-11-13(10-15(19)20)16(21)18-14-7-5-12(6-8-14)17(22)23-2/h5-8,13H,3-4,9-11H2,1-2H3,(H,18,21)/t13-/m0/s1. The van der Waals surface area contributed by atoms with E-state index in [4.69, 9.17) is 0 Å². The quantitative estimate of drug-likeness (QED) is 0.815. The largest absolute Gasteiger partial charge is 0.465 e. The van der Waals surface area contributed by atoms with Crippen molar-refractivity contribution in [1.82, 2.24) is 4.90 Å². The van der Waals surface area contributed by atoms with Gasteiger partial charge in [-0.25, -0.2) is 4.79 Å². The van der Waals surface area contributed by atoms with Gasteiger partial charge in [-0.1, -0.05) is 13.3 Å². The minimum Gasteiger partial charge on any atom is -0.465 e. The SMILES string of the molecule is CCCCN1C[C@@H](C(=O)Nc2ccc(C(=O)OC)cc2)CC1=O. The highest BCUT2D eigenvalue weighted by molar-refractivity contribution is 5.97. The number of ether oxygens (including phenoxy) is 1. The van der Waals surface area contributed by atoms with Gasteiger partial charge in [0.15, 0.2) is 0 Å². The average Bonchev–Trinajstić information content (AvgIpc) is 2.94. The summed E-state index contributed by atoms with van der Waals surface area (Å²) in [4.78, 5) is 37.3. The van der Waals surface area contributed by atoms with E-state index in [0.717, 1.165) is 12.8 Å². The number of anilines is 1. The van der Waals surface area contributed by atoms with E-state index in [1.165, 1.54) is 7.11 Å². The van der Waals surface area contributed by atoms with Gasteiger partial charge in [0.25, 0.3) is 0 Å². The number of carbonyl (C=O) groups is 3. The summed E-state index contributed by atoms with van der Waals surface area (Å²) >= 11 is 0. The van der Waals surface area contributed by atoms with Crippen molar-refractivity contribution in [3.05, 3.63) is 29.8 Å². The van der Waals surface area contributed by atoms with Crippen molar-refractivity contribution < 1.29 is 19.1 Å². The minimum atomic E-state index is -0.421. The monoisotopic (exact) mass is 318 g/mol. The van der Waals surface area contributed by atoms with Crippen molar-refractivity contribution >= 4 is 23.5 Å². The minimum absolute atomic E-state index is 0.0413. The van der Waals surface area contributed by atoms with Gasteiger partial charge in [0.2, 0.25) is 11.8 Å². The van der Waals surface area contributed by atoms with Crippen molar-refractivity contribution in [3.8, 4) is 0 Å². The number of likely N-dealkylation sites (tertiary alicyclic amines) is 1. The Morgan fingerprint density at radius 2 is 2.00 bits per heavy atom. The molecule has 124 valence electrons. The third kappa shape index (κ3) is 4.31. The fraction of sp³-hybridized carbons (Fsp3) is 0.471. The van der Waals surface area contributed by atoms with Crippen LogP contribution in [0, 0.1) is 5.92 Å². The van der Waals surface area contributed by atoms with Gasteiger partial charge in [0.1, 0.15) is 0 Å². The van der Waals surface area contributed by atoms with Gasteiger partial charge in [-0.05, 0) is 30.7 Å². The van der Waals surface area contributed by atoms with E-state index in [1.807, 2.05) is 0 Å². The number of esters is 1. The van der Waals surface area contributed by atoms with E-state index in [2.05, 4.69) is 17.0 Å². The summed E-state index contributed by atoms with van der Waals surface area (Å²) in [5.74, 6) is -0.863. The summed E-state index contributed by atoms with van der Waals surface area (Å²) in [6, 6.07) is 6.48. The van der Waals surface area contributed by atoms with Crippen molar-refractivity contribution in [2.45, 2.75) is 26.2 Å². The Morgan fingerprint density at radius 1 is 1.30 bits per heavy atom. The Labute approximate surface area is 135 Å². The van der Waals surface area contributed by atoms with Crippen LogP contribution >= 0.6 is 0 Å². The number of nitrogens with zero attached hydrogens (tertiary/aromatic N) is 1. The number of nitrogens with one attached hydrogen (secondary N) is 1. The van der Waals surface area contributed by atoms with Crippen molar-refractivity contribution in [1.29, 1.82) is 0 Å². The predicted octanol–water partition coefficient (Wildman–Crippen LogP) is 2.06. The van der Waals surface area contributed by atoms with Crippen molar-refractivity contribution in [3.63, 3.8) is 0 Å². The number of benzene rings is 1. The maximum atomic E-state index is 12.3. The highest BCUT2D eigenvalue weighted by Crippen LogP contribution is 2.20. The van der Waals surface area contributed by atoms with Crippen LogP contribution in [-0.2, 0) is 14.3 Å². The molecule has 1 heterocycles. The number of rotatable bonds is 6. The zero-order valence-corrected chi connectivity index (χ0v) is 13.5. The molecule has 1 N–H and O–H groups in total. The molecule has 1 aromatic carbocycles. The summed E-state index contributed by atoms with van der Waals surface area (Å²) in [5, 5.41) is 2.80. The Balaban J connectivity index is 1.92. The fourth-order valence-electron chi connectivity index (χ4n) is 2.56. The molecule has 1 aliphatic rings. The van der Waals surface area contributed by atoms with Crippen LogP contribution in [0.25, 0.3) is 0 Å². The van der Waals surface area contributed by atoms with Crippen molar-refractivity contribution in [2.24, 2.45) is 5.92 Å². The summed E-state index contributed by atoms with van der Waals surface area (Å²) in [6.07, 6.45) is 2.23. The zero-order valence-electron chi connectivity index (χ0n) is 13.5. The van der Waals surface area contributed by atoms with Gasteiger partial charge in [0.05, 0.1) is 18.6 Å². The Hall–Kier alpha value is -2.37. The molecule has 0 saturated carbocycles. The topological polar surface area (TPSA) is 75.7 Å². The van der Waals surface area contributed by atoms with Crippen LogP contribution in [0.5, 0.6) is 0 Å². The molecule has 0 aliphatic carbocycles. The second-order valence-electron chi connectivity index (χ2n) is 5.65. The predicted molar refractivity (Wildman–Crippen MR) is 86.0 cm³/mol. The third-order valence-electron chi connectivity index (χ3n) is 3.94. The number of unbranched alkanes of at least 4 members (excludes halogenated alkanes) is 1. The first-order valence-electron chi connectivity index (χ1n) is 7.82. The molecule has 0 bridgehead atoms. The van der Waals surface area contributed by atoms with E-state index in [-0.39, 0.29) is 24.2 Å². The molecular formula is C17H22N2O4. The van der Waals surface area contributed by atoms with Gasteiger partial charge in [0, 0.05) is 25.2 Å². The zero-order chi connectivity index (χ0) is 16.8. The van der Waals surface area contributed by atoms with Gasteiger partial charge in [-0.2, -0.15) is 0 Å². The lowest BCUT2D eigenvalue weighted by atomic mass is 10.1. The second-order valence-corrected chi connectivity index (χ2v) is 5.65.